The highest BCUT2D eigenvalue weighted by molar-refractivity contribution is 9.10. The van der Waals surface area contributed by atoms with Crippen LogP contribution in [0.2, 0.25) is 0 Å². The van der Waals surface area contributed by atoms with Crippen LogP contribution >= 0.6 is 15.9 Å². The van der Waals surface area contributed by atoms with Crippen LogP contribution in [0.4, 0.5) is 14.5 Å². The van der Waals surface area contributed by atoms with Crippen molar-refractivity contribution in [2.24, 2.45) is 0 Å². The molecule has 0 atom stereocenters. The van der Waals surface area contributed by atoms with E-state index in [9.17, 15) is 18.9 Å². The molecule has 0 heterocycles. The Morgan fingerprint density at radius 3 is 2.47 bits per heavy atom. The Balaban J connectivity index is 2.37. The van der Waals surface area contributed by atoms with E-state index in [0.717, 1.165) is 18.2 Å². The third-order valence-corrected chi connectivity index (χ3v) is 2.89. The summed E-state index contributed by atoms with van der Waals surface area (Å²) in [4.78, 5) is 10.0. The Morgan fingerprint density at radius 2 is 1.84 bits per heavy atom. The lowest BCUT2D eigenvalue weighted by Crippen LogP contribution is -1.93. The van der Waals surface area contributed by atoms with E-state index in [1.165, 1.54) is 12.1 Å². The van der Waals surface area contributed by atoms with Crippen LogP contribution in [0, 0.1) is 21.7 Å². The molecule has 0 saturated heterocycles. The maximum absolute atomic E-state index is 13.4. The number of ether oxygens (including phenoxy) is 1. The Kier molecular flexibility index (Phi) is 3.75. The highest BCUT2D eigenvalue weighted by Gasteiger charge is 2.13. The minimum atomic E-state index is -0.890. The van der Waals surface area contributed by atoms with Crippen molar-refractivity contribution in [3.8, 4) is 11.5 Å². The molecule has 0 aliphatic rings. The van der Waals surface area contributed by atoms with Gasteiger partial charge in [0.2, 0.25) is 0 Å². The summed E-state index contributed by atoms with van der Waals surface area (Å²) in [5, 5.41) is 10.6. The van der Waals surface area contributed by atoms with Gasteiger partial charge >= 0.3 is 0 Å². The standard InChI is InChI=1S/C12H6BrF2NO3/c13-9-3-2-8(16(17)18)6-12(9)19-11-4-1-7(14)5-10(11)15/h1-6H. The van der Waals surface area contributed by atoms with E-state index in [0.29, 0.717) is 10.5 Å². The molecule has 2 rings (SSSR count). The van der Waals surface area contributed by atoms with Crippen LogP contribution in [0.15, 0.2) is 40.9 Å². The molecule has 98 valence electrons. The molecule has 2 aromatic rings. The molecule has 0 aliphatic carbocycles. The average molecular weight is 330 g/mol. The number of halogens is 3. The number of rotatable bonds is 3. The van der Waals surface area contributed by atoms with Crippen molar-refractivity contribution in [1.29, 1.82) is 0 Å². The summed E-state index contributed by atoms with van der Waals surface area (Å²) in [6, 6.07) is 6.64. The Hall–Kier alpha value is -2.02. The molecular formula is C12H6BrF2NO3. The van der Waals surface area contributed by atoms with Crippen molar-refractivity contribution in [2.45, 2.75) is 0 Å². The maximum atomic E-state index is 13.4. The Labute approximate surface area is 114 Å². The molecule has 2 aromatic carbocycles. The zero-order valence-electron chi connectivity index (χ0n) is 9.27. The summed E-state index contributed by atoms with van der Waals surface area (Å²) in [5.74, 6) is -1.77. The lowest BCUT2D eigenvalue weighted by molar-refractivity contribution is -0.384. The number of benzene rings is 2. The van der Waals surface area contributed by atoms with Gasteiger partial charge in [0.1, 0.15) is 11.6 Å². The molecular weight excluding hydrogens is 324 g/mol. The van der Waals surface area contributed by atoms with Gasteiger partial charge in [0, 0.05) is 12.1 Å². The van der Waals surface area contributed by atoms with Crippen molar-refractivity contribution < 1.29 is 18.4 Å². The lowest BCUT2D eigenvalue weighted by Gasteiger charge is -2.08. The van der Waals surface area contributed by atoms with Crippen LogP contribution in [-0.2, 0) is 0 Å². The third-order valence-electron chi connectivity index (χ3n) is 2.24. The fourth-order valence-electron chi connectivity index (χ4n) is 1.36. The predicted octanol–water partition coefficient (Wildman–Crippen LogP) is 4.43. The van der Waals surface area contributed by atoms with Gasteiger partial charge in [0.25, 0.3) is 5.69 Å². The monoisotopic (exact) mass is 329 g/mol. The zero-order chi connectivity index (χ0) is 14.0. The number of nitro benzene ring substituents is 1. The predicted molar refractivity (Wildman–Crippen MR) is 67.2 cm³/mol. The highest BCUT2D eigenvalue weighted by atomic mass is 79.9. The van der Waals surface area contributed by atoms with Crippen molar-refractivity contribution in [2.75, 3.05) is 0 Å². The lowest BCUT2D eigenvalue weighted by atomic mass is 10.3. The van der Waals surface area contributed by atoms with Gasteiger partial charge in [-0.15, -0.1) is 0 Å². The van der Waals surface area contributed by atoms with Crippen LogP contribution in [-0.4, -0.2) is 4.92 Å². The van der Waals surface area contributed by atoms with Crippen molar-refractivity contribution in [3.05, 3.63) is 62.6 Å². The molecule has 0 aromatic heterocycles. The second-order valence-electron chi connectivity index (χ2n) is 3.55. The normalized spacial score (nSPS) is 10.3. The zero-order valence-corrected chi connectivity index (χ0v) is 10.9. The third kappa shape index (κ3) is 3.05. The fourth-order valence-corrected chi connectivity index (χ4v) is 1.69. The van der Waals surface area contributed by atoms with Gasteiger partial charge in [-0.05, 0) is 34.1 Å². The average Bonchev–Trinajstić information content (AvgIpc) is 2.34. The molecule has 0 saturated carbocycles. The molecule has 19 heavy (non-hydrogen) atoms. The SMILES string of the molecule is O=[N+]([O-])c1ccc(Br)c(Oc2ccc(F)cc2F)c1. The maximum Gasteiger partial charge on any atom is 0.273 e. The molecule has 4 nitrogen and oxygen atoms in total. The summed E-state index contributed by atoms with van der Waals surface area (Å²) < 4.78 is 31.8. The van der Waals surface area contributed by atoms with Crippen LogP contribution in [0.1, 0.15) is 0 Å². The van der Waals surface area contributed by atoms with Crippen molar-refractivity contribution in [3.63, 3.8) is 0 Å². The number of nitro groups is 1. The second-order valence-corrected chi connectivity index (χ2v) is 4.40. The first-order valence-electron chi connectivity index (χ1n) is 5.04. The van der Waals surface area contributed by atoms with Gasteiger partial charge < -0.3 is 4.74 Å². The van der Waals surface area contributed by atoms with Crippen LogP contribution < -0.4 is 4.74 Å². The minimum absolute atomic E-state index is 0.0692. The number of hydrogen-bond donors (Lipinski definition) is 0. The largest absolute Gasteiger partial charge is 0.453 e. The van der Waals surface area contributed by atoms with E-state index < -0.39 is 16.6 Å². The van der Waals surface area contributed by atoms with E-state index in [1.807, 2.05) is 0 Å². The van der Waals surface area contributed by atoms with Crippen molar-refractivity contribution >= 4 is 21.6 Å². The fraction of sp³-hybridized carbons (Fsp3) is 0. The van der Waals surface area contributed by atoms with Crippen LogP contribution in [0.3, 0.4) is 0 Å². The van der Waals surface area contributed by atoms with Crippen molar-refractivity contribution in [1.82, 2.24) is 0 Å². The molecule has 0 N–H and O–H groups in total. The molecule has 0 bridgehead atoms. The summed E-state index contributed by atoms with van der Waals surface area (Å²) in [6.45, 7) is 0. The smallest absolute Gasteiger partial charge is 0.273 e. The Bertz CT molecular complexity index is 649. The molecule has 7 heteroatoms. The highest BCUT2D eigenvalue weighted by Crippen LogP contribution is 2.34. The summed E-state index contributed by atoms with van der Waals surface area (Å²) in [7, 11) is 0. The number of hydrogen-bond acceptors (Lipinski definition) is 3. The van der Waals surface area contributed by atoms with E-state index in [4.69, 9.17) is 4.74 Å². The summed E-state index contributed by atoms with van der Waals surface area (Å²) >= 11 is 3.13. The van der Waals surface area contributed by atoms with Gasteiger partial charge in [-0.1, -0.05) is 0 Å². The Morgan fingerprint density at radius 1 is 1.11 bits per heavy atom. The summed E-state index contributed by atoms with van der Waals surface area (Å²) in [5.41, 5.74) is -0.194. The van der Waals surface area contributed by atoms with E-state index in [-0.39, 0.29) is 17.2 Å². The number of non-ortho nitro benzene ring substituents is 1. The second kappa shape index (κ2) is 5.31. The molecule has 0 radical (unpaired) electrons. The first kappa shape index (κ1) is 13.4. The van der Waals surface area contributed by atoms with Gasteiger partial charge in [0.15, 0.2) is 11.6 Å². The topological polar surface area (TPSA) is 52.4 Å². The van der Waals surface area contributed by atoms with Crippen LogP contribution in [0.25, 0.3) is 0 Å². The van der Waals surface area contributed by atoms with Gasteiger partial charge in [-0.3, -0.25) is 10.1 Å². The molecule has 0 amide bonds. The van der Waals surface area contributed by atoms with Gasteiger partial charge in [-0.2, -0.15) is 0 Å². The van der Waals surface area contributed by atoms with Gasteiger partial charge in [0.05, 0.1) is 15.5 Å². The van der Waals surface area contributed by atoms with Gasteiger partial charge in [-0.25, -0.2) is 8.78 Å². The summed E-state index contributed by atoms with van der Waals surface area (Å²) in [6.07, 6.45) is 0. The first-order chi connectivity index (χ1) is 8.97. The quantitative estimate of drug-likeness (QED) is 0.618. The molecule has 0 spiro atoms. The molecule has 0 unspecified atom stereocenters. The van der Waals surface area contributed by atoms with E-state index >= 15 is 0 Å². The minimum Gasteiger partial charge on any atom is -0.453 e. The first-order valence-corrected chi connectivity index (χ1v) is 5.83. The number of nitrogens with zero attached hydrogens (tertiary/aromatic N) is 1. The van der Waals surface area contributed by atoms with E-state index in [2.05, 4.69) is 15.9 Å². The molecule has 0 fully saturated rings. The van der Waals surface area contributed by atoms with Crippen LogP contribution in [0.5, 0.6) is 11.5 Å². The van der Waals surface area contributed by atoms with E-state index in [1.54, 1.807) is 0 Å². The molecule has 0 aliphatic heterocycles.